The molecule has 0 bridgehead atoms. The van der Waals surface area contributed by atoms with E-state index in [2.05, 4.69) is 36.9 Å². The fourth-order valence-corrected chi connectivity index (χ4v) is 3.54. The van der Waals surface area contributed by atoms with E-state index in [1.54, 1.807) is 23.9 Å². The summed E-state index contributed by atoms with van der Waals surface area (Å²) in [5.41, 5.74) is 2.13. The molecule has 2 aromatic heterocycles. The Bertz CT molecular complexity index is 1010. The lowest BCUT2D eigenvalue weighted by Crippen LogP contribution is -2.41. The molecule has 3 heterocycles. The Morgan fingerprint density at radius 2 is 2.11 bits per heavy atom. The second-order valence-electron chi connectivity index (χ2n) is 6.29. The van der Waals surface area contributed by atoms with Crippen LogP contribution in [0.5, 0.6) is 0 Å². The molecule has 1 aromatic carbocycles. The third kappa shape index (κ3) is 3.77. The highest BCUT2D eigenvalue weighted by Crippen LogP contribution is 2.27. The monoisotopic (exact) mass is 427 g/mol. The standard InChI is InChI=1S/C19H18BrN5O2/c1-24-18(26)10-16(15-5-6-21-12-22-15)23-19(24)25-7-8-27-17(11-25)13-3-2-4-14(20)9-13/h2-6,9-10,12,17H,7-8,11H2,1H3/t17-/m1/s1. The van der Waals surface area contributed by atoms with Gasteiger partial charge in [0, 0.05) is 30.3 Å². The predicted molar refractivity (Wildman–Crippen MR) is 106 cm³/mol. The van der Waals surface area contributed by atoms with Gasteiger partial charge in [0.05, 0.1) is 24.5 Å². The van der Waals surface area contributed by atoms with Crippen LogP contribution in [0.4, 0.5) is 5.95 Å². The maximum absolute atomic E-state index is 12.5. The van der Waals surface area contributed by atoms with Crippen LogP contribution < -0.4 is 10.5 Å². The second-order valence-corrected chi connectivity index (χ2v) is 7.21. The summed E-state index contributed by atoms with van der Waals surface area (Å²) in [5.74, 6) is 0.611. The molecule has 0 saturated carbocycles. The van der Waals surface area contributed by atoms with E-state index in [1.165, 1.54) is 12.4 Å². The van der Waals surface area contributed by atoms with Gasteiger partial charge >= 0.3 is 0 Å². The van der Waals surface area contributed by atoms with Crippen molar-refractivity contribution in [2.45, 2.75) is 6.10 Å². The van der Waals surface area contributed by atoms with Gasteiger partial charge in [-0.3, -0.25) is 9.36 Å². The minimum absolute atomic E-state index is 0.0872. The topological polar surface area (TPSA) is 73.1 Å². The first-order valence-corrected chi connectivity index (χ1v) is 9.37. The molecule has 4 rings (SSSR count). The van der Waals surface area contributed by atoms with E-state index in [-0.39, 0.29) is 11.7 Å². The Kier molecular flexibility index (Phi) is 5.00. The highest BCUT2D eigenvalue weighted by molar-refractivity contribution is 9.10. The average Bonchev–Trinajstić information content (AvgIpc) is 2.71. The van der Waals surface area contributed by atoms with Crippen LogP contribution in [0.25, 0.3) is 11.4 Å². The lowest BCUT2D eigenvalue weighted by molar-refractivity contribution is 0.0389. The van der Waals surface area contributed by atoms with Crippen LogP contribution in [0.2, 0.25) is 0 Å². The summed E-state index contributed by atoms with van der Waals surface area (Å²) in [4.78, 5) is 27.4. The minimum atomic E-state index is -0.126. The third-order valence-electron chi connectivity index (χ3n) is 4.53. The molecule has 0 amide bonds. The summed E-state index contributed by atoms with van der Waals surface area (Å²) < 4.78 is 8.53. The van der Waals surface area contributed by atoms with E-state index < -0.39 is 0 Å². The van der Waals surface area contributed by atoms with Crippen molar-refractivity contribution in [3.8, 4) is 11.4 Å². The summed E-state index contributed by atoms with van der Waals surface area (Å²) in [5, 5.41) is 0. The fraction of sp³-hybridized carbons (Fsp3) is 0.263. The molecular weight excluding hydrogens is 410 g/mol. The molecule has 8 heteroatoms. The van der Waals surface area contributed by atoms with Crippen LogP contribution in [-0.4, -0.2) is 39.2 Å². The van der Waals surface area contributed by atoms with E-state index in [4.69, 9.17) is 9.72 Å². The van der Waals surface area contributed by atoms with Gasteiger partial charge in [-0.1, -0.05) is 28.1 Å². The highest BCUT2D eigenvalue weighted by atomic mass is 79.9. The number of hydrogen-bond acceptors (Lipinski definition) is 6. The zero-order valence-corrected chi connectivity index (χ0v) is 16.3. The number of rotatable bonds is 3. The largest absolute Gasteiger partial charge is 0.370 e. The van der Waals surface area contributed by atoms with Crippen molar-refractivity contribution in [1.82, 2.24) is 19.5 Å². The van der Waals surface area contributed by atoms with E-state index in [0.717, 1.165) is 10.0 Å². The molecule has 0 aliphatic carbocycles. The van der Waals surface area contributed by atoms with E-state index in [9.17, 15) is 4.79 Å². The first-order chi connectivity index (χ1) is 13.1. The Morgan fingerprint density at radius 3 is 2.89 bits per heavy atom. The number of halogens is 1. The smallest absolute Gasteiger partial charge is 0.255 e. The van der Waals surface area contributed by atoms with Crippen LogP contribution in [0.3, 0.4) is 0 Å². The first kappa shape index (κ1) is 17.8. The maximum Gasteiger partial charge on any atom is 0.255 e. The Labute approximate surface area is 164 Å². The van der Waals surface area contributed by atoms with Crippen molar-refractivity contribution in [1.29, 1.82) is 0 Å². The van der Waals surface area contributed by atoms with Crippen molar-refractivity contribution in [2.75, 3.05) is 24.6 Å². The van der Waals surface area contributed by atoms with Crippen LogP contribution in [0, 0.1) is 0 Å². The van der Waals surface area contributed by atoms with Crippen LogP contribution in [0.1, 0.15) is 11.7 Å². The Balaban J connectivity index is 1.68. The van der Waals surface area contributed by atoms with Gasteiger partial charge in [-0.15, -0.1) is 0 Å². The van der Waals surface area contributed by atoms with Gasteiger partial charge in [0.15, 0.2) is 0 Å². The van der Waals surface area contributed by atoms with Gasteiger partial charge in [0.2, 0.25) is 5.95 Å². The number of nitrogens with zero attached hydrogens (tertiary/aromatic N) is 5. The van der Waals surface area contributed by atoms with Gasteiger partial charge in [0.1, 0.15) is 12.4 Å². The summed E-state index contributed by atoms with van der Waals surface area (Å²) in [6.45, 7) is 1.84. The number of aromatic nitrogens is 4. The highest BCUT2D eigenvalue weighted by Gasteiger charge is 2.25. The zero-order valence-electron chi connectivity index (χ0n) is 14.7. The zero-order chi connectivity index (χ0) is 18.8. The molecule has 27 heavy (non-hydrogen) atoms. The number of ether oxygens (including phenoxy) is 1. The molecule has 0 spiro atoms. The lowest BCUT2D eigenvalue weighted by atomic mass is 10.1. The molecule has 0 radical (unpaired) electrons. The Hall–Kier alpha value is -2.58. The first-order valence-electron chi connectivity index (χ1n) is 8.58. The van der Waals surface area contributed by atoms with Gasteiger partial charge < -0.3 is 9.64 Å². The van der Waals surface area contributed by atoms with Gasteiger partial charge in [0.25, 0.3) is 5.56 Å². The summed E-state index contributed by atoms with van der Waals surface area (Å²) in [7, 11) is 1.73. The predicted octanol–water partition coefficient (Wildman–Crippen LogP) is 2.58. The summed E-state index contributed by atoms with van der Waals surface area (Å²) in [6.07, 6.45) is 3.00. The SMILES string of the molecule is Cn1c(N2CCO[C@@H](c3cccc(Br)c3)C2)nc(-c2ccncn2)cc1=O. The van der Waals surface area contributed by atoms with Crippen molar-refractivity contribution in [2.24, 2.45) is 7.05 Å². The number of benzene rings is 1. The molecule has 0 unspecified atom stereocenters. The molecule has 1 aliphatic rings. The van der Waals surface area contributed by atoms with Gasteiger partial charge in [-0.25, -0.2) is 15.0 Å². The van der Waals surface area contributed by atoms with Crippen LogP contribution in [0.15, 0.2) is 58.2 Å². The molecule has 1 fully saturated rings. The number of hydrogen-bond donors (Lipinski definition) is 0. The maximum atomic E-state index is 12.5. The molecule has 1 aliphatic heterocycles. The van der Waals surface area contributed by atoms with Crippen molar-refractivity contribution in [3.63, 3.8) is 0 Å². The molecule has 1 atom stereocenters. The van der Waals surface area contributed by atoms with E-state index in [1.807, 2.05) is 18.2 Å². The lowest BCUT2D eigenvalue weighted by Gasteiger charge is -2.34. The summed E-state index contributed by atoms with van der Waals surface area (Å²) in [6, 6.07) is 11.3. The van der Waals surface area contributed by atoms with Gasteiger partial charge in [-0.2, -0.15) is 0 Å². The van der Waals surface area contributed by atoms with Crippen molar-refractivity contribution < 1.29 is 4.74 Å². The van der Waals surface area contributed by atoms with Crippen molar-refractivity contribution >= 4 is 21.9 Å². The summed E-state index contributed by atoms with van der Waals surface area (Å²) >= 11 is 3.51. The molecule has 3 aromatic rings. The fourth-order valence-electron chi connectivity index (χ4n) is 3.12. The van der Waals surface area contributed by atoms with Crippen LogP contribution in [-0.2, 0) is 11.8 Å². The third-order valence-corrected chi connectivity index (χ3v) is 5.02. The molecule has 0 N–H and O–H groups in total. The molecule has 7 nitrogen and oxygen atoms in total. The number of morpholine rings is 1. The van der Waals surface area contributed by atoms with E-state index >= 15 is 0 Å². The van der Waals surface area contributed by atoms with Gasteiger partial charge in [-0.05, 0) is 23.8 Å². The second kappa shape index (κ2) is 7.58. The van der Waals surface area contributed by atoms with E-state index in [0.29, 0.717) is 37.0 Å². The molecule has 1 saturated heterocycles. The minimum Gasteiger partial charge on any atom is -0.370 e. The quantitative estimate of drug-likeness (QED) is 0.639. The normalized spacial score (nSPS) is 17.1. The average molecular weight is 428 g/mol. The molecular formula is C19H18BrN5O2. The number of anilines is 1. The van der Waals surface area contributed by atoms with Crippen LogP contribution >= 0.6 is 15.9 Å². The van der Waals surface area contributed by atoms with Crippen molar-refractivity contribution in [3.05, 3.63) is 69.3 Å². The molecule has 138 valence electrons. The Morgan fingerprint density at radius 1 is 1.22 bits per heavy atom.